The number of hydrogen-bond acceptors (Lipinski definition) is 4. The van der Waals surface area contributed by atoms with Crippen molar-refractivity contribution in [2.45, 2.75) is 31.2 Å². The van der Waals surface area contributed by atoms with Crippen LogP contribution < -0.4 is 0 Å². The van der Waals surface area contributed by atoms with E-state index in [1.807, 2.05) is 30.3 Å². The van der Waals surface area contributed by atoms with Crippen LogP contribution in [0.3, 0.4) is 0 Å². The van der Waals surface area contributed by atoms with Crippen molar-refractivity contribution in [3.8, 4) is 5.69 Å². The Kier molecular flexibility index (Phi) is 3.89. The second-order valence-corrected chi connectivity index (χ2v) is 5.85. The van der Waals surface area contributed by atoms with Crippen LogP contribution in [-0.4, -0.2) is 49.9 Å². The van der Waals surface area contributed by atoms with Gasteiger partial charge in [-0.25, -0.2) is 4.68 Å². The molecule has 23 heavy (non-hydrogen) atoms. The van der Waals surface area contributed by atoms with E-state index >= 15 is 0 Å². The maximum atomic E-state index is 12.9. The van der Waals surface area contributed by atoms with Gasteiger partial charge in [0.15, 0.2) is 5.60 Å². The lowest BCUT2D eigenvalue weighted by molar-refractivity contribution is -0.254. The highest BCUT2D eigenvalue weighted by molar-refractivity contribution is 5.30. The van der Waals surface area contributed by atoms with Crippen molar-refractivity contribution in [1.82, 2.24) is 19.9 Å². The maximum absolute atomic E-state index is 12.9. The van der Waals surface area contributed by atoms with Gasteiger partial charge in [-0.3, -0.25) is 4.90 Å². The molecule has 1 fully saturated rings. The maximum Gasteiger partial charge on any atom is 0.418 e. The SMILES string of the molecule is C[C@@H](c1cn(-c2ccccc2)nn1)N1CC[C@@](O)(C(F)(F)F)C1. The molecule has 0 amide bonds. The number of halogens is 3. The van der Waals surface area contributed by atoms with Crippen LogP contribution in [0.1, 0.15) is 25.1 Å². The summed E-state index contributed by atoms with van der Waals surface area (Å²) in [6.45, 7) is 1.48. The molecule has 0 spiro atoms. The lowest BCUT2D eigenvalue weighted by Gasteiger charge is -2.27. The van der Waals surface area contributed by atoms with Crippen molar-refractivity contribution in [3.63, 3.8) is 0 Å². The Bertz CT molecular complexity index is 673. The molecule has 1 aliphatic heterocycles. The molecule has 0 aliphatic carbocycles. The highest BCUT2D eigenvalue weighted by Crippen LogP contribution is 2.40. The number of hydrogen-bond donors (Lipinski definition) is 1. The predicted molar refractivity (Wildman–Crippen MR) is 77.0 cm³/mol. The standard InChI is InChI=1S/C15H17F3N4O/c1-11(21-8-7-14(23,10-21)15(16,17)18)13-9-22(20-19-13)12-5-3-2-4-6-12/h2-6,9,11,23H,7-8,10H2,1H3/t11-,14-/m0/s1. The summed E-state index contributed by atoms with van der Waals surface area (Å²) in [7, 11) is 0. The van der Waals surface area contributed by atoms with Gasteiger partial charge in [0, 0.05) is 13.1 Å². The highest BCUT2D eigenvalue weighted by atomic mass is 19.4. The molecule has 1 aromatic carbocycles. The zero-order valence-electron chi connectivity index (χ0n) is 12.5. The van der Waals surface area contributed by atoms with Gasteiger partial charge in [0.25, 0.3) is 0 Å². The summed E-state index contributed by atoms with van der Waals surface area (Å²) in [5.41, 5.74) is -1.25. The smallest absolute Gasteiger partial charge is 0.379 e. The van der Waals surface area contributed by atoms with E-state index in [0.717, 1.165) is 5.69 Å². The van der Waals surface area contributed by atoms with Gasteiger partial charge in [-0.2, -0.15) is 13.2 Å². The fourth-order valence-electron chi connectivity index (χ4n) is 2.75. The topological polar surface area (TPSA) is 54.2 Å². The quantitative estimate of drug-likeness (QED) is 0.940. The molecule has 1 aromatic heterocycles. The van der Waals surface area contributed by atoms with Crippen molar-refractivity contribution < 1.29 is 18.3 Å². The number of likely N-dealkylation sites (tertiary alicyclic amines) is 1. The fraction of sp³-hybridized carbons (Fsp3) is 0.467. The molecule has 3 rings (SSSR count). The van der Waals surface area contributed by atoms with E-state index in [1.54, 1.807) is 22.7 Å². The first-order valence-electron chi connectivity index (χ1n) is 7.31. The van der Waals surface area contributed by atoms with Crippen LogP contribution in [0.5, 0.6) is 0 Å². The summed E-state index contributed by atoms with van der Waals surface area (Å²) in [4.78, 5) is 1.58. The van der Waals surface area contributed by atoms with Crippen molar-refractivity contribution >= 4 is 0 Å². The van der Waals surface area contributed by atoms with Gasteiger partial charge in [0.1, 0.15) is 0 Å². The van der Waals surface area contributed by atoms with Gasteiger partial charge < -0.3 is 5.11 Å². The Labute approximate surface area is 131 Å². The second-order valence-electron chi connectivity index (χ2n) is 5.85. The normalized spacial score (nSPS) is 24.0. The van der Waals surface area contributed by atoms with Gasteiger partial charge in [-0.1, -0.05) is 23.4 Å². The van der Waals surface area contributed by atoms with E-state index in [-0.39, 0.29) is 19.0 Å². The molecule has 8 heteroatoms. The second kappa shape index (κ2) is 5.61. The van der Waals surface area contributed by atoms with Crippen LogP contribution >= 0.6 is 0 Å². The van der Waals surface area contributed by atoms with Crippen molar-refractivity contribution in [1.29, 1.82) is 0 Å². The van der Waals surface area contributed by atoms with Crippen LogP contribution in [0.15, 0.2) is 36.5 Å². The number of nitrogens with zero attached hydrogens (tertiary/aromatic N) is 4. The monoisotopic (exact) mass is 326 g/mol. The zero-order valence-corrected chi connectivity index (χ0v) is 12.5. The van der Waals surface area contributed by atoms with Gasteiger partial charge >= 0.3 is 6.18 Å². The molecule has 1 N–H and O–H groups in total. The Morgan fingerprint density at radius 1 is 1.26 bits per heavy atom. The van der Waals surface area contributed by atoms with Crippen LogP contribution in [0.4, 0.5) is 13.2 Å². The average molecular weight is 326 g/mol. The molecule has 5 nitrogen and oxygen atoms in total. The Balaban J connectivity index is 1.75. The summed E-state index contributed by atoms with van der Waals surface area (Å²) >= 11 is 0. The molecule has 2 aromatic rings. The number of para-hydroxylation sites is 1. The Hall–Kier alpha value is -1.93. The lowest BCUT2D eigenvalue weighted by atomic mass is 10.0. The zero-order chi connectivity index (χ0) is 16.7. The van der Waals surface area contributed by atoms with E-state index < -0.39 is 18.3 Å². The van der Waals surface area contributed by atoms with E-state index in [2.05, 4.69) is 10.3 Å². The van der Waals surface area contributed by atoms with E-state index in [4.69, 9.17) is 0 Å². The molecule has 0 radical (unpaired) electrons. The molecule has 2 heterocycles. The van der Waals surface area contributed by atoms with E-state index in [9.17, 15) is 18.3 Å². The molecule has 124 valence electrons. The number of benzene rings is 1. The molecule has 1 saturated heterocycles. The highest BCUT2D eigenvalue weighted by Gasteiger charge is 2.57. The number of aliphatic hydroxyl groups is 1. The molecular weight excluding hydrogens is 309 g/mol. The predicted octanol–water partition coefficient (Wildman–Crippen LogP) is 2.33. The Morgan fingerprint density at radius 2 is 1.96 bits per heavy atom. The summed E-state index contributed by atoms with van der Waals surface area (Å²) in [6.07, 6.45) is -3.25. The lowest BCUT2D eigenvalue weighted by Crippen LogP contribution is -2.47. The van der Waals surface area contributed by atoms with Crippen molar-refractivity contribution in [2.75, 3.05) is 13.1 Å². The summed E-state index contributed by atoms with van der Waals surface area (Å²) in [6, 6.07) is 8.98. The average Bonchev–Trinajstić information content (AvgIpc) is 3.14. The fourth-order valence-corrected chi connectivity index (χ4v) is 2.75. The van der Waals surface area contributed by atoms with Crippen molar-refractivity contribution in [3.05, 3.63) is 42.2 Å². The number of rotatable bonds is 3. The van der Waals surface area contributed by atoms with Crippen LogP contribution in [0.2, 0.25) is 0 Å². The minimum Gasteiger partial charge on any atom is -0.379 e. The third-order valence-electron chi connectivity index (χ3n) is 4.31. The molecule has 0 unspecified atom stereocenters. The molecular formula is C15H17F3N4O. The van der Waals surface area contributed by atoms with E-state index in [1.165, 1.54) is 0 Å². The number of β-amino-alcohol motifs (C(OH)–C–C–N with tert-alkyl or cyclic N) is 1. The van der Waals surface area contributed by atoms with E-state index in [0.29, 0.717) is 5.69 Å². The largest absolute Gasteiger partial charge is 0.418 e. The first-order chi connectivity index (χ1) is 10.8. The summed E-state index contributed by atoms with van der Waals surface area (Å²) in [5.74, 6) is 0. The number of aromatic nitrogens is 3. The third-order valence-corrected chi connectivity index (χ3v) is 4.31. The molecule has 0 bridgehead atoms. The van der Waals surface area contributed by atoms with Crippen LogP contribution in [-0.2, 0) is 0 Å². The minimum absolute atomic E-state index is 0.162. The van der Waals surface area contributed by atoms with Gasteiger partial charge in [-0.05, 0) is 25.5 Å². The van der Waals surface area contributed by atoms with Gasteiger partial charge in [0.05, 0.1) is 23.6 Å². The van der Waals surface area contributed by atoms with Crippen molar-refractivity contribution in [2.24, 2.45) is 0 Å². The first kappa shape index (κ1) is 15.9. The summed E-state index contributed by atoms with van der Waals surface area (Å²) in [5, 5.41) is 17.8. The van der Waals surface area contributed by atoms with Gasteiger partial charge in [0.2, 0.25) is 0 Å². The minimum atomic E-state index is -4.62. The van der Waals surface area contributed by atoms with Gasteiger partial charge in [-0.15, -0.1) is 5.10 Å². The molecule has 1 aliphatic rings. The summed E-state index contributed by atoms with van der Waals surface area (Å²) < 4.78 is 40.3. The first-order valence-corrected chi connectivity index (χ1v) is 7.31. The Morgan fingerprint density at radius 3 is 2.57 bits per heavy atom. The molecule has 0 saturated carbocycles. The van der Waals surface area contributed by atoms with Crippen LogP contribution in [0, 0.1) is 0 Å². The molecule has 2 atom stereocenters. The van der Waals surface area contributed by atoms with Crippen LogP contribution in [0.25, 0.3) is 5.69 Å². The number of alkyl halides is 3. The third kappa shape index (κ3) is 2.96.